The zero-order chi connectivity index (χ0) is 16.4. The second kappa shape index (κ2) is 6.27. The van der Waals surface area contributed by atoms with Crippen LogP contribution in [0.25, 0.3) is 0 Å². The molecule has 118 valence electrons. The van der Waals surface area contributed by atoms with Gasteiger partial charge in [0.1, 0.15) is 23.2 Å². The van der Waals surface area contributed by atoms with E-state index in [0.29, 0.717) is 18.7 Å². The van der Waals surface area contributed by atoms with E-state index in [0.717, 1.165) is 11.3 Å². The summed E-state index contributed by atoms with van der Waals surface area (Å²) in [6, 6.07) is 14.0. The molecular weight excluding hydrogens is 295 g/mol. The van der Waals surface area contributed by atoms with E-state index in [1.165, 1.54) is 6.07 Å². The zero-order valence-corrected chi connectivity index (χ0v) is 12.7. The smallest absolute Gasteiger partial charge is 0.143 e. The van der Waals surface area contributed by atoms with Crippen LogP contribution in [0.5, 0.6) is 5.75 Å². The van der Waals surface area contributed by atoms with Crippen molar-refractivity contribution >= 4 is 5.69 Å². The van der Waals surface area contributed by atoms with E-state index in [2.05, 4.69) is 0 Å². The Morgan fingerprint density at radius 2 is 2.09 bits per heavy atom. The molecule has 4 nitrogen and oxygen atoms in total. The number of nitriles is 1. The minimum Gasteiger partial charge on any atom is -0.497 e. The van der Waals surface area contributed by atoms with Crippen molar-refractivity contribution in [2.75, 3.05) is 18.6 Å². The van der Waals surface area contributed by atoms with Gasteiger partial charge in [-0.25, -0.2) is 4.39 Å². The molecule has 1 aliphatic rings. The lowest BCUT2D eigenvalue weighted by atomic mass is 10.0. The van der Waals surface area contributed by atoms with E-state index >= 15 is 0 Å². The second-order valence-electron chi connectivity index (χ2n) is 5.58. The summed E-state index contributed by atoms with van der Waals surface area (Å²) in [7, 11) is 1.60. The van der Waals surface area contributed by atoms with Crippen LogP contribution in [0.2, 0.25) is 0 Å². The predicted octanol–water partition coefficient (Wildman–Crippen LogP) is 3.02. The van der Waals surface area contributed by atoms with Crippen molar-refractivity contribution < 1.29 is 14.2 Å². The fraction of sp³-hybridized carbons (Fsp3) is 0.278. The summed E-state index contributed by atoms with van der Waals surface area (Å²) in [5, 5.41) is 19.4. The van der Waals surface area contributed by atoms with Gasteiger partial charge in [0.2, 0.25) is 0 Å². The molecule has 0 radical (unpaired) electrons. The summed E-state index contributed by atoms with van der Waals surface area (Å²) >= 11 is 0. The van der Waals surface area contributed by atoms with Crippen LogP contribution in [-0.2, 0) is 0 Å². The summed E-state index contributed by atoms with van der Waals surface area (Å²) in [5.74, 6) is 0.180. The number of aliphatic hydroxyl groups is 1. The third-order valence-electron chi connectivity index (χ3n) is 4.17. The number of hydrogen-bond acceptors (Lipinski definition) is 4. The van der Waals surface area contributed by atoms with Crippen LogP contribution < -0.4 is 9.64 Å². The van der Waals surface area contributed by atoms with Gasteiger partial charge in [0.15, 0.2) is 0 Å². The number of halogens is 1. The van der Waals surface area contributed by atoms with Gasteiger partial charge in [-0.15, -0.1) is 0 Å². The van der Waals surface area contributed by atoms with Gasteiger partial charge < -0.3 is 14.7 Å². The number of benzene rings is 2. The quantitative estimate of drug-likeness (QED) is 0.946. The molecule has 0 aromatic heterocycles. The predicted molar refractivity (Wildman–Crippen MR) is 84.8 cm³/mol. The van der Waals surface area contributed by atoms with Crippen LogP contribution in [0.3, 0.4) is 0 Å². The van der Waals surface area contributed by atoms with Crippen LogP contribution in [0.15, 0.2) is 42.5 Å². The molecule has 0 saturated carbocycles. The lowest BCUT2D eigenvalue weighted by molar-refractivity contribution is 0.194. The first kappa shape index (κ1) is 15.3. The molecule has 1 aliphatic heterocycles. The molecular formula is C18H17FN2O2. The van der Waals surface area contributed by atoms with E-state index in [9.17, 15) is 14.8 Å². The van der Waals surface area contributed by atoms with Crippen LogP contribution in [0, 0.1) is 17.1 Å². The van der Waals surface area contributed by atoms with Crippen LogP contribution in [-0.4, -0.2) is 24.9 Å². The first-order valence-corrected chi connectivity index (χ1v) is 7.41. The maximum absolute atomic E-state index is 13.9. The van der Waals surface area contributed by atoms with Crippen molar-refractivity contribution in [2.45, 2.75) is 18.6 Å². The van der Waals surface area contributed by atoms with Crippen molar-refractivity contribution in [2.24, 2.45) is 0 Å². The minimum atomic E-state index is -0.546. The van der Waals surface area contributed by atoms with Gasteiger partial charge in [0.05, 0.1) is 24.9 Å². The Morgan fingerprint density at radius 3 is 2.83 bits per heavy atom. The Bertz CT molecular complexity index is 757. The van der Waals surface area contributed by atoms with Crippen molar-refractivity contribution in [3.63, 3.8) is 0 Å². The molecule has 3 rings (SSSR count). The Labute approximate surface area is 134 Å². The van der Waals surface area contributed by atoms with Crippen LogP contribution >= 0.6 is 0 Å². The highest BCUT2D eigenvalue weighted by molar-refractivity contribution is 5.62. The van der Waals surface area contributed by atoms with Crippen LogP contribution in [0.1, 0.15) is 23.6 Å². The van der Waals surface area contributed by atoms with E-state index < -0.39 is 11.9 Å². The van der Waals surface area contributed by atoms with Crippen LogP contribution in [0.4, 0.5) is 10.1 Å². The van der Waals surface area contributed by atoms with Gasteiger partial charge in [-0.1, -0.05) is 18.2 Å². The van der Waals surface area contributed by atoms with E-state index in [-0.39, 0.29) is 11.6 Å². The Kier molecular flexibility index (Phi) is 4.18. The summed E-state index contributed by atoms with van der Waals surface area (Å²) in [5.41, 5.74) is 1.49. The molecule has 0 spiro atoms. The van der Waals surface area contributed by atoms with Crippen molar-refractivity contribution in [1.29, 1.82) is 5.26 Å². The standard InChI is InChI=1S/C18H17FN2O2/c1-23-14-5-2-4-12(8-14)18-9-13(22)11-21(18)17-7-3-6-16(19)15(17)10-20/h2-8,13,18,22H,9,11H2,1H3/t13-,18-/m0/s1. The van der Waals surface area contributed by atoms with Crippen molar-refractivity contribution in [3.8, 4) is 11.8 Å². The average Bonchev–Trinajstić information content (AvgIpc) is 2.96. The number of ether oxygens (including phenoxy) is 1. The first-order chi connectivity index (χ1) is 11.1. The molecule has 5 heteroatoms. The molecule has 0 aliphatic carbocycles. The van der Waals surface area contributed by atoms with Crippen molar-refractivity contribution in [3.05, 3.63) is 59.4 Å². The van der Waals surface area contributed by atoms with Gasteiger partial charge in [0, 0.05) is 6.54 Å². The van der Waals surface area contributed by atoms with Gasteiger partial charge in [-0.3, -0.25) is 0 Å². The Hall–Kier alpha value is -2.58. The Balaban J connectivity index is 2.04. The third-order valence-corrected chi connectivity index (χ3v) is 4.17. The SMILES string of the molecule is COc1cccc([C@@H]2C[C@H](O)CN2c2cccc(F)c2C#N)c1. The highest BCUT2D eigenvalue weighted by Crippen LogP contribution is 2.39. The van der Waals surface area contributed by atoms with Gasteiger partial charge in [-0.05, 0) is 36.2 Å². The Morgan fingerprint density at radius 1 is 1.30 bits per heavy atom. The zero-order valence-electron chi connectivity index (χ0n) is 12.7. The average molecular weight is 312 g/mol. The largest absolute Gasteiger partial charge is 0.497 e. The maximum Gasteiger partial charge on any atom is 0.143 e. The number of β-amino-alcohol motifs (C(OH)–C–C–N with tert-alkyl or cyclic N) is 1. The molecule has 2 atom stereocenters. The summed E-state index contributed by atoms with van der Waals surface area (Å²) in [6.07, 6.45) is -0.00447. The summed E-state index contributed by atoms with van der Waals surface area (Å²) in [6.45, 7) is 0.361. The monoisotopic (exact) mass is 312 g/mol. The van der Waals surface area contributed by atoms with E-state index in [1.54, 1.807) is 19.2 Å². The summed E-state index contributed by atoms with van der Waals surface area (Å²) < 4.78 is 19.2. The van der Waals surface area contributed by atoms with E-state index in [4.69, 9.17) is 4.74 Å². The number of rotatable bonds is 3. The molecule has 1 N–H and O–H groups in total. The fourth-order valence-electron chi connectivity index (χ4n) is 3.11. The molecule has 23 heavy (non-hydrogen) atoms. The van der Waals surface area contributed by atoms with Gasteiger partial charge >= 0.3 is 0 Å². The molecule has 0 unspecified atom stereocenters. The number of aliphatic hydroxyl groups excluding tert-OH is 1. The third kappa shape index (κ3) is 2.86. The highest BCUT2D eigenvalue weighted by Gasteiger charge is 2.34. The fourth-order valence-corrected chi connectivity index (χ4v) is 3.11. The molecule has 1 saturated heterocycles. The molecule has 1 heterocycles. The lowest BCUT2D eigenvalue weighted by Crippen LogP contribution is -2.25. The highest BCUT2D eigenvalue weighted by atomic mass is 19.1. The molecule has 0 bridgehead atoms. The second-order valence-corrected chi connectivity index (χ2v) is 5.58. The van der Waals surface area contributed by atoms with Gasteiger partial charge in [-0.2, -0.15) is 5.26 Å². The number of hydrogen-bond donors (Lipinski definition) is 1. The normalized spacial score (nSPS) is 20.3. The molecule has 2 aromatic rings. The number of nitrogens with zero attached hydrogens (tertiary/aromatic N) is 2. The first-order valence-electron chi connectivity index (χ1n) is 7.41. The summed E-state index contributed by atoms with van der Waals surface area (Å²) in [4.78, 5) is 1.89. The number of methoxy groups -OCH3 is 1. The molecule has 1 fully saturated rings. The molecule has 0 amide bonds. The minimum absolute atomic E-state index is 0.00879. The lowest BCUT2D eigenvalue weighted by Gasteiger charge is -2.28. The molecule has 2 aromatic carbocycles. The van der Waals surface area contributed by atoms with Gasteiger partial charge in [0.25, 0.3) is 0 Å². The van der Waals surface area contributed by atoms with Crippen molar-refractivity contribution in [1.82, 2.24) is 0 Å². The maximum atomic E-state index is 13.9. The van der Waals surface area contributed by atoms with E-state index in [1.807, 2.05) is 35.2 Å². The topological polar surface area (TPSA) is 56.5 Å². The number of anilines is 1.